The predicted molar refractivity (Wildman–Crippen MR) is 70.1 cm³/mol. The SMILES string of the molecule is Cc1ccccc1CN(CC(N)=NO)C(C)C. The van der Waals surface area contributed by atoms with Gasteiger partial charge in [-0.3, -0.25) is 4.90 Å². The number of hydrogen-bond donors (Lipinski definition) is 2. The highest BCUT2D eigenvalue weighted by molar-refractivity contribution is 5.81. The summed E-state index contributed by atoms with van der Waals surface area (Å²) in [5.74, 6) is 0.243. The Morgan fingerprint density at radius 2 is 2.06 bits per heavy atom. The van der Waals surface area contributed by atoms with E-state index in [4.69, 9.17) is 10.9 Å². The minimum atomic E-state index is 0.243. The summed E-state index contributed by atoms with van der Waals surface area (Å²) in [6, 6.07) is 8.61. The van der Waals surface area contributed by atoms with E-state index in [1.54, 1.807) is 0 Å². The molecule has 3 N–H and O–H groups in total. The molecule has 4 nitrogen and oxygen atoms in total. The molecule has 0 radical (unpaired) electrons. The van der Waals surface area contributed by atoms with Crippen LogP contribution in [0.1, 0.15) is 25.0 Å². The van der Waals surface area contributed by atoms with Crippen molar-refractivity contribution in [2.75, 3.05) is 6.54 Å². The van der Waals surface area contributed by atoms with Crippen molar-refractivity contribution in [3.63, 3.8) is 0 Å². The molecule has 0 aliphatic rings. The van der Waals surface area contributed by atoms with Crippen LogP contribution in [0, 0.1) is 6.92 Å². The lowest BCUT2D eigenvalue weighted by Crippen LogP contribution is -2.38. The van der Waals surface area contributed by atoms with Crippen molar-refractivity contribution in [1.29, 1.82) is 0 Å². The van der Waals surface area contributed by atoms with Crippen LogP contribution >= 0.6 is 0 Å². The van der Waals surface area contributed by atoms with Crippen LogP contribution in [-0.2, 0) is 6.54 Å². The first-order valence-corrected chi connectivity index (χ1v) is 5.79. The molecule has 1 aromatic carbocycles. The lowest BCUT2D eigenvalue weighted by atomic mass is 10.1. The van der Waals surface area contributed by atoms with Crippen LogP contribution in [0.4, 0.5) is 0 Å². The number of nitrogens with zero attached hydrogens (tertiary/aromatic N) is 2. The van der Waals surface area contributed by atoms with E-state index >= 15 is 0 Å². The highest BCUT2D eigenvalue weighted by atomic mass is 16.4. The third-order valence-corrected chi connectivity index (χ3v) is 2.86. The second kappa shape index (κ2) is 6.25. The van der Waals surface area contributed by atoms with Crippen LogP contribution in [0.5, 0.6) is 0 Å². The van der Waals surface area contributed by atoms with Crippen LogP contribution in [0.2, 0.25) is 0 Å². The lowest BCUT2D eigenvalue weighted by Gasteiger charge is -2.26. The summed E-state index contributed by atoms with van der Waals surface area (Å²) in [7, 11) is 0. The summed E-state index contributed by atoms with van der Waals surface area (Å²) < 4.78 is 0. The monoisotopic (exact) mass is 235 g/mol. The molecule has 0 fully saturated rings. The maximum atomic E-state index is 8.62. The van der Waals surface area contributed by atoms with Gasteiger partial charge in [0, 0.05) is 12.6 Å². The quantitative estimate of drug-likeness (QED) is 0.355. The molecular weight excluding hydrogens is 214 g/mol. The lowest BCUT2D eigenvalue weighted by molar-refractivity contribution is 0.238. The Labute approximate surface area is 103 Å². The zero-order valence-corrected chi connectivity index (χ0v) is 10.7. The van der Waals surface area contributed by atoms with E-state index in [0.29, 0.717) is 12.6 Å². The Bertz CT molecular complexity index is 388. The molecule has 0 aliphatic carbocycles. The number of oxime groups is 1. The molecule has 17 heavy (non-hydrogen) atoms. The van der Waals surface area contributed by atoms with Crippen molar-refractivity contribution in [1.82, 2.24) is 4.90 Å². The first-order valence-electron chi connectivity index (χ1n) is 5.79. The summed E-state index contributed by atoms with van der Waals surface area (Å²) in [6.45, 7) is 7.58. The largest absolute Gasteiger partial charge is 0.409 e. The topological polar surface area (TPSA) is 61.8 Å². The molecule has 0 spiro atoms. The van der Waals surface area contributed by atoms with E-state index in [1.807, 2.05) is 12.1 Å². The van der Waals surface area contributed by atoms with Gasteiger partial charge in [-0.15, -0.1) is 0 Å². The number of nitrogens with two attached hydrogens (primary N) is 1. The molecule has 94 valence electrons. The van der Waals surface area contributed by atoms with E-state index in [9.17, 15) is 0 Å². The van der Waals surface area contributed by atoms with Crippen LogP contribution in [-0.4, -0.2) is 28.5 Å². The molecule has 0 saturated carbocycles. The first-order chi connectivity index (χ1) is 8.04. The fourth-order valence-electron chi connectivity index (χ4n) is 1.67. The number of hydrogen-bond acceptors (Lipinski definition) is 3. The molecule has 0 bridgehead atoms. The Balaban J connectivity index is 2.77. The molecule has 0 unspecified atom stereocenters. The van der Waals surface area contributed by atoms with Crippen molar-refractivity contribution in [2.45, 2.75) is 33.4 Å². The second-order valence-corrected chi connectivity index (χ2v) is 4.52. The molecule has 0 atom stereocenters. The molecule has 0 saturated heterocycles. The highest BCUT2D eigenvalue weighted by Crippen LogP contribution is 2.12. The summed E-state index contributed by atoms with van der Waals surface area (Å²) in [5.41, 5.74) is 8.09. The third-order valence-electron chi connectivity index (χ3n) is 2.86. The zero-order valence-electron chi connectivity index (χ0n) is 10.7. The van der Waals surface area contributed by atoms with Gasteiger partial charge in [0.15, 0.2) is 5.84 Å². The molecule has 1 rings (SSSR count). The molecule has 0 heterocycles. The fourth-order valence-corrected chi connectivity index (χ4v) is 1.67. The van der Waals surface area contributed by atoms with E-state index in [-0.39, 0.29) is 5.84 Å². The van der Waals surface area contributed by atoms with Gasteiger partial charge in [-0.05, 0) is 31.9 Å². The van der Waals surface area contributed by atoms with Gasteiger partial charge in [-0.25, -0.2) is 0 Å². The van der Waals surface area contributed by atoms with Gasteiger partial charge in [0.2, 0.25) is 0 Å². The fraction of sp³-hybridized carbons (Fsp3) is 0.462. The molecule has 0 amide bonds. The van der Waals surface area contributed by atoms with Crippen LogP contribution < -0.4 is 5.73 Å². The predicted octanol–water partition coefficient (Wildman–Crippen LogP) is 1.95. The summed E-state index contributed by atoms with van der Waals surface area (Å²) >= 11 is 0. The van der Waals surface area contributed by atoms with Gasteiger partial charge in [-0.2, -0.15) is 0 Å². The Morgan fingerprint density at radius 1 is 1.41 bits per heavy atom. The number of rotatable bonds is 5. The summed E-state index contributed by atoms with van der Waals surface area (Å²) in [6.07, 6.45) is 0. The Morgan fingerprint density at radius 3 is 2.59 bits per heavy atom. The molecule has 0 aromatic heterocycles. The first kappa shape index (κ1) is 13.5. The number of amidine groups is 1. The van der Waals surface area contributed by atoms with Crippen molar-refractivity contribution in [3.8, 4) is 0 Å². The number of aryl methyl sites for hydroxylation is 1. The van der Waals surface area contributed by atoms with Crippen molar-refractivity contribution >= 4 is 5.84 Å². The standard InChI is InChI=1S/C13H21N3O/c1-10(2)16(9-13(14)15-17)8-12-7-5-4-6-11(12)3/h4-7,10,17H,8-9H2,1-3H3,(H2,14,15). The maximum Gasteiger partial charge on any atom is 0.153 e. The normalized spacial score (nSPS) is 12.4. The van der Waals surface area contributed by atoms with E-state index in [2.05, 4.69) is 43.0 Å². The second-order valence-electron chi connectivity index (χ2n) is 4.52. The van der Waals surface area contributed by atoms with Gasteiger partial charge in [0.05, 0.1) is 6.54 Å². The average molecular weight is 235 g/mol. The van der Waals surface area contributed by atoms with Gasteiger partial charge in [0.1, 0.15) is 0 Å². The summed E-state index contributed by atoms with van der Waals surface area (Å²) in [4.78, 5) is 2.16. The molecule has 1 aromatic rings. The molecule has 0 aliphatic heterocycles. The van der Waals surface area contributed by atoms with Gasteiger partial charge >= 0.3 is 0 Å². The van der Waals surface area contributed by atoms with Crippen molar-refractivity contribution in [2.24, 2.45) is 10.9 Å². The Kier molecular flexibility index (Phi) is 4.97. The maximum absolute atomic E-state index is 8.62. The van der Waals surface area contributed by atoms with Crippen molar-refractivity contribution < 1.29 is 5.21 Å². The molecular formula is C13H21N3O. The molecule has 4 heteroatoms. The minimum absolute atomic E-state index is 0.243. The smallest absolute Gasteiger partial charge is 0.153 e. The van der Waals surface area contributed by atoms with E-state index in [0.717, 1.165) is 6.54 Å². The van der Waals surface area contributed by atoms with E-state index in [1.165, 1.54) is 11.1 Å². The number of benzene rings is 1. The van der Waals surface area contributed by atoms with Crippen LogP contribution in [0.25, 0.3) is 0 Å². The van der Waals surface area contributed by atoms with Gasteiger partial charge in [0.25, 0.3) is 0 Å². The summed E-state index contributed by atoms with van der Waals surface area (Å²) in [5, 5.41) is 11.6. The average Bonchev–Trinajstić information content (AvgIpc) is 2.30. The van der Waals surface area contributed by atoms with Crippen LogP contribution in [0.3, 0.4) is 0 Å². The van der Waals surface area contributed by atoms with Gasteiger partial charge in [-0.1, -0.05) is 29.4 Å². The third kappa shape index (κ3) is 4.07. The minimum Gasteiger partial charge on any atom is -0.409 e. The van der Waals surface area contributed by atoms with E-state index < -0.39 is 0 Å². The van der Waals surface area contributed by atoms with Gasteiger partial charge < -0.3 is 10.9 Å². The Hall–Kier alpha value is -1.55. The zero-order chi connectivity index (χ0) is 12.8. The van der Waals surface area contributed by atoms with Crippen LogP contribution in [0.15, 0.2) is 29.4 Å². The highest BCUT2D eigenvalue weighted by Gasteiger charge is 2.12. The van der Waals surface area contributed by atoms with Crippen molar-refractivity contribution in [3.05, 3.63) is 35.4 Å².